The second kappa shape index (κ2) is 15.2. The molecule has 5 rings (SSSR count). The maximum atomic E-state index is 14.1. The maximum absolute atomic E-state index is 14.1. The van der Waals surface area contributed by atoms with E-state index in [9.17, 15) is 29.4 Å². The van der Waals surface area contributed by atoms with Crippen molar-refractivity contribution in [3.8, 4) is 5.75 Å². The Kier molecular flexibility index (Phi) is 10.6. The third kappa shape index (κ3) is 8.62. The Balaban J connectivity index is 1.38. The molecule has 10 nitrogen and oxygen atoms in total. The van der Waals surface area contributed by atoms with Crippen LogP contribution in [0.4, 0.5) is 0 Å². The van der Waals surface area contributed by atoms with Gasteiger partial charge in [-0.25, -0.2) is 4.79 Å². The summed E-state index contributed by atoms with van der Waals surface area (Å²) in [5.41, 5.74) is 10.4. The number of benzene rings is 4. The Morgan fingerprint density at radius 3 is 1.83 bits per heavy atom. The molecule has 6 N–H and O–H groups in total. The molecule has 3 amide bonds. The van der Waals surface area contributed by atoms with Gasteiger partial charge in [0.1, 0.15) is 23.9 Å². The number of phenols is 1. The Morgan fingerprint density at radius 1 is 0.702 bits per heavy atom. The molecular weight excluding hydrogens is 596 g/mol. The van der Waals surface area contributed by atoms with Crippen molar-refractivity contribution in [1.29, 1.82) is 0 Å². The van der Waals surface area contributed by atoms with Gasteiger partial charge in [-0.3, -0.25) is 14.4 Å². The van der Waals surface area contributed by atoms with Gasteiger partial charge in [-0.05, 0) is 46.4 Å². The SMILES string of the molecule is N[C@@H](Cc1ccc(O)cc1)C(=O)N1Cc2ccccc2C[C@H]1C(=O)N[C@H](Cc1ccccc1)C(=O)N[C@@H](Cc1ccccc1)C(=O)O. The van der Waals surface area contributed by atoms with Gasteiger partial charge in [0, 0.05) is 25.8 Å². The van der Waals surface area contributed by atoms with Crippen molar-refractivity contribution < 1.29 is 29.4 Å². The number of aromatic hydroxyl groups is 1. The van der Waals surface area contributed by atoms with Crippen LogP contribution < -0.4 is 16.4 Å². The lowest BCUT2D eigenvalue weighted by molar-refractivity contribution is -0.144. The monoisotopic (exact) mass is 634 g/mol. The van der Waals surface area contributed by atoms with E-state index in [2.05, 4.69) is 10.6 Å². The fraction of sp³-hybridized carbons (Fsp3) is 0.243. The van der Waals surface area contributed by atoms with E-state index in [4.69, 9.17) is 5.73 Å². The number of nitrogens with one attached hydrogen (secondary N) is 2. The van der Waals surface area contributed by atoms with Crippen molar-refractivity contribution in [3.63, 3.8) is 0 Å². The van der Waals surface area contributed by atoms with Crippen LogP contribution in [-0.2, 0) is 51.4 Å². The summed E-state index contributed by atoms with van der Waals surface area (Å²) in [5, 5.41) is 25.0. The van der Waals surface area contributed by atoms with E-state index in [1.54, 1.807) is 36.4 Å². The molecule has 0 unspecified atom stereocenters. The van der Waals surface area contributed by atoms with Gasteiger partial charge in [-0.1, -0.05) is 97.1 Å². The van der Waals surface area contributed by atoms with Crippen LogP contribution in [0, 0.1) is 0 Å². The average Bonchev–Trinajstić information content (AvgIpc) is 3.08. The molecule has 0 saturated heterocycles. The van der Waals surface area contributed by atoms with Crippen LogP contribution in [0.25, 0.3) is 0 Å². The summed E-state index contributed by atoms with van der Waals surface area (Å²) < 4.78 is 0. The van der Waals surface area contributed by atoms with Crippen LogP contribution >= 0.6 is 0 Å². The van der Waals surface area contributed by atoms with Crippen LogP contribution in [0.15, 0.2) is 109 Å². The molecule has 10 heteroatoms. The van der Waals surface area contributed by atoms with Crippen LogP contribution in [0.5, 0.6) is 5.75 Å². The third-order valence-corrected chi connectivity index (χ3v) is 8.36. The number of aliphatic carboxylic acids is 1. The second-order valence-electron chi connectivity index (χ2n) is 11.8. The van der Waals surface area contributed by atoms with Crippen molar-refractivity contribution in [3.05, 3.63) is 137 Å². The maximum Gasteiger partial charge on any atom is 0.326 e. The minimum absolute atomic E-state index is 0.0640. The van der Waals surface area contributed by atoms with Crippen molar-refractivity contribution in [2.24, 2.45) is 5.73 Å². The highest BCUT2D eigenvalue weighted by molar-refractivity contribution is 5.94. The molecule has 4 aromatic rings. The van der Waals surface area contributed by atoms with Gasteiger partial charge in [-0.15, -0.1) is 0 Å². The highest BCUT2D eigenvalue weighted by Gasteiger charge is 2.38. The van der Waals surface area contributed by atoms with Crippen molar-refractivity contribution in [2.45, 2.75) is 56.4 Å². The lowest BCUT2D eigenvalue weighted by Crippen LogP contribution is -2.60. The molecule has 0 saturated carbocycles. The number of hydrogen-bond donors (Lipinski definition) is 5. The number of phenolic OH excluding ortho intramolecular Hbond substituents is 1. The van der Waals surface area contributed by atoms with Crippen molar-refractivity contribution in [1.82, 2.24) is 15.5 Å². The molecule has 242 valence electrons. The molecule has 0 bridgehead atoms. The number of carbonyl (C=O) groups is 4. The lowest BCUT2D eigenvalue weighted by atomic mass is 9.92. The molecule has 0 fully saturated rings. The van der Waals surface area contributed by atoms with E-state index in [-0.39, 0.29) is 38.0 Å². The van der Waals surface area contributed by atoms with Gasteiger partial charge >= 0.3 is 5.97 Å². The van der Waals surface area contributed by atoms with Gasteiger partial charge in [0.05, 0.1) is 6.04 Å². The molecule has 1 heterocycles. The molecule has 4 atom stereocenters. The van der Waals surface area contributed by atoms with E-state index in [0.29, 0.717) is 0 Å². The molecule has 0 radical (unpaired) electrons. The quantitative estimate of drug-likeness (QED) is 0.160. The van der Waals surface area contributed by atoms with Crippen LogP contribution in [0.2, 0.25) is 0 Å². The molecular formula is C37H38N4O6. The smallest absolute Gasteiger partial charge is 0.326 e. The Bertz CT molecular complexity index is 1700. The van der Waals surface area contributed by atoms with Gasteiger partial charge in [0.15, 0.2) is 0 Å². The minimum atomic E-state index is -1.22. The first-order valence-electron chi connectivity index (χ1n) is 15.5. The number of carboxylic acid groups (broad SMARTS) is 1. The highest BCUT2D eigenvalue weighted by atomic mass is 16.4. The van der Waals surface area contributed by atoms with Crippen LogP contribution in [-0.4, -0.2) is 63.0 Å². The molecule has 0 aromatic heterocycles. The number of carboxylic acids is 1. The molecule has 1 aliphatic rings. The van der Waals surface area contributed by atoms with E-state index in [1.165, 1.54) is 17.0 Å². The summed E-state index contributed by atoms with van der Waals surface area (Å²) in [6.07, 6.45) is 0.579. The zero-order chi connectivity index (χ0) is 33.3. The molecule has 0 aliphatic carbocycles. The summed E-state index contributed by atoms with van der Waals surface area (Å²) in [5.74, 6) is -2.72. The first kappa shape index (κ1) is 32.9. The Morgan fingerprint density at radius 2 is 1.23 bits per heavy atom. The fourth-order valence-corrected chi connectivity index (χ4v) is 5.82. The number of fused-ring (bicyclic) bond motifs is 1. The van der Waals surface area contributed by atoms with E-state index >= 15 is 0 Å². The van der Waals surface area contributed by atoms with Gasteiger partial charge in [0.2, 0.25) is 17.7 Å². The summed E-state index contributed by atoms with van der Waals surface area (Å²) in [6.45, 7) is 0.157. The first-order chi connectivity index (χ1) is 22.7. The predicted octanol–water partition coefficient (Wildman–Crippen LogP) is 2.76. The predicted molar refractivity (Wildman–Crippen MR) is 176 cm³/mol. The zero-order valence-electron chi connectivity index (χ0n) is 25.8. The van der Waals surface area contributed by atoms with Crippen molar-refractivity contribution in [2.75, 3.05) is 0 Å². The Labute approximate surface area is 273 Å². The van der Waals surface area contributed by atoms with E-state index in [0.717, 1.165) is 27.8 Å². The summed E-state index contributed by atoms with van der Waals surface area (Å²) in [7, 11) is 0. The van der Waals surface area contributed by atoms with Crippen LogP contribution in [0.1, 0.15) is 27.8 Å². The van der Waals surface area contributed by atoms with Gasteiger partial charge in [-0.2, -0.15) is 0 Å². The third-order valence-electron chi connectivity index (χ3n) is 8.36. The Hall–Kier alpha value is -5.48. The molecule has 1 aliphatic heterocycles. The summed E-state index contributed by atoms with van der Waals surface area (Å²) >= 11 is 0. The minimum Gasteiger partial charge on any atom is -0.508 e. The van der Waals surface area contributed by atoms with E-state index < -0.39 is 47.9 Å². The molecule has 0 spiro atoms. The summed E-state index contributed by atoms with van der Waals surface area (Å²) in [6, 6.07) is 27.8. The number of nitrogens with zero attached hydrogens (tertiary/aromatic N) is 1. The van der Waals surface area contributed by atoms with Crippen LogP contribution in [0.3, 0.4) is 0 Å². The zero-order valence-corrected chi connectivity index (χ0v) is 25.8. The summed E-state index contributed by atoms with van der Waals surface area (Å²) in [4.78, 5) is 55.2. The highest BCUT2D eigenvalue weighted by Crippen LogP contribution is 2.25. The lowest BCUT2D eigenvalue weighted by Gasteiger charge is -2.38. The number of rotatable bonds is 12. The number of amides is 3. The molecule has 4 aromatic carbocycles. The average molecular weight is 635 g/mol. The fourth-order valence-electron chi connectivity index (χ4n) is 5.82. The number of nitrogens with two attached hydrogens (primary N) is 1. The number of hydrogen-bond acceptors (Lipinski definition) is 6. The largest absolute Gasteiger partial charge is 0.508 e. The normalized spacial score (nSPS) is 15.9. The first-order valence-corrected chi connectivity index (χ1v) is 15.5. The number of carbonyl (C=O) groups excluding carboxylic acids is 3. The topological polar surface area (TPSA) is 162 Å². The van der Waals surface area contributed by atoms with Gasteiger partial charge in [0.25, 0.3) is 0 Å². The van der Waals surface area contributed by atoms with E-state index in [1.807, 2.05) is 60.7 Å². The van der Waals surface area contributed by atoms with Gasteiger partial charge < -0.3 is 31.5 Å². The molecule has 47 heavy (non-hydrogen) atoms. The second-order valence-corrected chi connectivity index (χ2v) is 11.8. The standard InChI is InChI=1S/C37H38N4O6/c38-30(19-26-15-17-29(42)18-16-26)36(45)41-23-28-14-8-7-13-27(28)22-33(41)35(44)39-31(20-24-9-3-1-4-10-24)34(43)40-32(37(46)47)21-25-11-5-2-6-12-25/h1-18,30-33,42H,19-23,38H2,(H,39,44)(H,40,43)(H,46,47)/t30-,31+,32-,33-/m0/s1. The van der Waals surface area contributed by atoms with Crippen molar-refractivity contribution >= 4 is 23.7 Å².